The minimum Gasteiger partial charge on any atom is -0.496 e. The molecule has 0 fully saturated rings. The number of methoxy groups -OCH3 is 1. The van der Waals surface area contributed by atoms with Gasteiger partial charge in [-0.2, -0.15) is 0 Å². The summed E-state index contributed by atoms with van der Waals surface area (Å²) in [6, 6.07) is 14.0. The molecule has 3 nitrogen and oxygen atoms in total. The summed E-state index contributed by atoms with van der Waals surface area (Å²) in [5.74, 6) is 1.73. The first-order valence-corrected chi connectivity index (χ1v) is 7.37. The monoisotopic (exact) mass is 303 g/mol. The lowest BCUT2D eigenvalue weighted by atomic mass is 9.92. The van der Waals surface area contributed by atoms with Gasteiger partial charge in [-0.1, -0.05) is 29.8 Å². The van der Waals surface area contributed by atoms with E-state index < -0.39 is 0 Å². The van der Waals surface area contributed by atoms with Crippen LogP contribution in [0.1, 0.15) is 29.7 Å². The molecule has 3 rings (SSSR count). The maximum absolute atomic E-state index is 6.17. The predicted octanol–water partition coefficient (Wildman–Crippen LogP) is 4.13. The smallest absolute Gasteiger partial charge is 0.129 e. The van der Waals surface area contributed by atoms with Crippen LogP contribution in [0.2, 0.25) is 5.02 Å². The van der Waals surface area contributed by atoms with E-state index in [0.717, 1.165) is 34.1 Å². The average Bonchev–Trinajstić information content (AvgIpc) is 2.53. The topological polar surface area (TPSA) is 30.5 Å². The van der Waals surface area contributed by atoms with E-state index in [0.29, 0.717) is 0 Å². The largest absolute Gasteiger partial charge is 0.496 e. The summed E-state index contributed by atoms with van der Waals surface area (Å²) in [4.78, 5) is 0. The molecule has 0 bridgehead atoms. The van der Waals surface area contributed by atoms with Crippen molar-refractivity contribution < 1.29 is 9.47 Å². The Hall–Kier alpha value is -1.71. The molecule has 2 atom stereocenters. The molecule has 2 unspecified atom stereocenters. The van der Waals surface area contributed by atoms with Gasteiger partial charge in [-0.15, -0.1) is 0 Å². The molecule has 0 saturated carbocycles. The van der Waals surface area contributed by atoms with Crippen molar-refractivity contribution in [3.63, 3.8) is 0 Å². The highest BCUT2D eigenvalue weighted by Gasteiger charge is 2.30. The number of rotatable bonds is 3. The van der Waals surface area contributed by atoms with E-state index in [-0.39, 0.29) is 12.1 Å². The number of hydrogen-bond acceptors (Lipinski definition) is 3. The molecule has 21 heavy (non-hydrogen) atoms. The first-order valence-electron chi connectivity index (χ1n) is 6.99. The van der Waals surface area contributed by atoms with Gasteiger partial charge in [0.1, 0.15) is 17.6 Å². The van der Waals surface area contributed by atoms with Crippen molar-refractivity contribution in [2.45, 2.75) is 18.6 Å². The van der Waals surface area contributed by atoms with Crippen molar-refractivity contribution in [3.8, 4) is 11.5 Å². The van der Waals surface area contributed by atoms with Gasteiger partial charge in [0, 0.05) is 28.6 Å². The van der Waals surface area contributed by atoms with E-state index in [1.54, 1.807) is 7.11 Å². The Morgan fingerprint density at radius 1 is 1.19 bits per heavy atom. The molecular weight excluding hydrogens is 286 g/mol. The Kier molecular flexibility index (Phi) is 4.04. The van der Waals surface area contributed by atoms with Gasteiger partial charge in [0.15, 0.2) is 0 Å². The molecule has 2 aromatic rings. The van der Waals surface area contributed by atoms with Gasteiger partial charge in [0.25, 0.3) is 0 Å². The normalized spacial score (nSPS) is 20.5. The van der Waals surface area contributed by atoms with Crippen LogP contribution in [-0.4, -0.2) is 14.2 Å². The van der Waals surface area contributed by atoms with Crippen molar-refractivity contribution >= 4 is 11.6 Å². The van der Waals surface area contributed by atoms with Crippen LogP contribution >= 0.6 is 11.6 Å². The van der Waals surface area contributed by atoms with Crippen LogP contribution in [0.25, 0.3) is 0 Å². The van der Waals surface area contributed by atoms with E-state index in [9.17, 15) is 0 Å². The summed E-state index contributed by atoms with van der Waals surface area (Å²) in [5, 5.41) is 4.08. The minimum atomic E-state index is -0.0349. The fraction of sp³-hybridized carbons (Fsp3) is 0.294. The highest BCUT2D eigenvalue weighted by molar-refractivity contribution is 6.30. The van der Waals surface area contributed by atoms with Crippen LogP contribution in [0.3, 0.4) is 0 Å². The van der Waals surface area contributed by atoms with Crippen LogP contribution in [0, 0.1) is 0 Å². The van der Waals surface area contributed by atoms with Crippen molar-refractivity contribution in [1.29, 1.82) is 0 Å². The van der Waals surface area contributed by atoms with Gasteiger partial charge in [-0.05, 0) is 31.3 Å². The van der Waals surface area contributed by atoms with Gasteiger partial charge in [0.05, 0.1) is 7.11 Å². The summed E-state index contributed by atoms with van der Waals surface area (Å²) in [6.45, 7) is 0. The second-order valence-electron chi connectivity index (χ2n) is 5.11. The molecule has 110 valence electrons. The molecule has 0 spiro atoms. The molecule has 2 aromatic carbocycles. The van der Waals surface area contributed by atoms with Gasteiger partial charge in [0.2, 0.25) is 0 Å². The molecule has 0 saturated heterocycles. The van der Waals surface area contributed by atoms with Crippen LogP contribution in [0.15, 0.2) is 42.5 Å². The summed E-state index contributed by atoms with van der Waals surface area (Å²) >= 11 is 6.10. The lowest BCUT2D eigenvalue weighted by Gasteiger charge is -2.33. The number of hydrogen-bond donors (Lipinski definition) is 1. The number of fused-ring (bicyclic) bond motifs is 1. The van der Waals surface area contributed by atoms with Crippen molar-refractivity contribution in [2.24, 2.45) is 0 Å². The third-order valence-corrected chi connectivity index (χ3v) is 4.14. The quantitative estimate of drug-likeness (QED) is 0.924. The maximum atomic E-state index is 6.17. The zero-order valence-electron chi connectivity index (χ0n) is 12.1. The second kappa shape index (κ2) is 5.96. The van der Waals surface area contributed by atoms with Crippen LogP contribution < -0.4 is 14.8 Å². The Balaban J connectivity index is 1.99. The van der Waals surface area contributed by atoms with Gasteiger partial charge >= 0.3 is 0 Å². The Morgan fingerprint density at radius 2 is 2.00 bits per heavy atom. The molecule has 0 aliphatic carbocycles. The van der Waals surface area contributed by atoms with Crippen molar-refractivity contribution in [3.05, 3.63) is 58.6 Å². The SMILES string of the molecule is CNC1CC(c2ccccc2OC)Oc2ccc(Cl)cc21. The second-order valence-corrected chi connectivity index (χ2v) is 5.54. The zero-order valence-corrected chi connectivity index (χ0v) is 12.9. The van der Waals surface area contributed by atoms with Crippen LogP contribution in [-0.2, 0) is 0 Å². The Morgan fingerprint density at radius 3 is 2.76 bits per heavy atom. The number of halogens is 1. The standard InChI is InChI=1S/C17H18ClNO2/c1-19-14-10-17(12-5-3-4-6-15(12)20-2)21-16-8-7-11(18)9-13(14)16/h3-9,14,17,19H,10H2,1-2H3. The average molecular weight is 304 g/mol. The molecule has 1 heterocycles. The fourth-order valence-electron chi connectivity index (χ4n) is 2.84. The predicted molar refractivity (Wildman–Crippen MR) is 84.2 cm³/mol. The Bertz CT molecular complexity index is 644. The van der Waals surface area contributed by atoms with Crippen LogP contribution in [0.4, 0.5) is 0 Å². The summed E-state index contributed by atoms with van der Waals surface area (Å²) in [6.07, 6.45) is 0.803. The van der Waals surface area contributed by atoms with E-state index in [4.69, 9.17) is 21.1 Å². The first kappa shape index (κ1) is 14.2. The minimum absolute atomic E-state index is 0.0349. The lowest BCUT2D eigenvalue weighted by molar-refractivity contribution is 0.150. The zero-order chi connectivity index (χ0) is 14.8. The molecule has 4 heteroatoms. The molecule has 1 aliphatic heterocycles. The van der Waals surface area contributed by atoms with E-state index in [2.05, 4.69) is 11.4 Å². The molecule has 1 aliphatic rings. The van der Waals surface area contributed by atoms with Gasteiger partial charge in [-0.3, -0.25) is 0 Å². The first-order chi connectivity index (χ1) is 10.2. The third-order valence-electron chi connectivity index (χ3n) is 3.90. The summed E-state index contributed by atoms with van der Waals surface area (Å²) < 4.78 is 11.6. The van der Waals surface area contributed by atoms with Gasteiger partial charge in [-0.25, -0.2) is 0 Å². The third kappa shape index (κ3) is 2.71. The Labute approximate surface area is 129 Å². The number of benzene rings is 2. The molecule has 0 amide bonds. The van der Waals surface area contributed by atoms with Crippen molar-refractivity contribution in [2.75, 3.05) is 14.2 Å². The van der Waals surface area contributed by atoms with Gasteiger partial charge < -0.3 is 14.8 Å². The molecule has 1 N–H and O–H groups in total. The number of ether oxygens (including phenoxy) is 2. The lowest BCUT2D eigenvalue weighted by Crippen LogP contribution is -2.27. The van der Waals surface area contributed by atoms with Crippen LogP contribution in [0.5, 0.6) is 11.5 Å². The highest BCUT2D eigenvalue weighted by Crippen LogP contribution is 2.43. The summed E-state index contributed by atoms with van der Waals surface area (Å²) in [7, 11) is 3.64. The maximum Gasteiger partial charge on any atom is 0.129 e. The van der Waals surface area contributed by atoms with E-state index >= 15 is 0 Å². The van der Waals surface area contributed by atoms with E-state index in [1.807, 2.05) is 43.4 Å². The number of nitrogens with one attached hydrogen (secondary N) is 1. The fourth-order valence-corrected chi connectivity index (χ4v) is 3.02. The molecule has 0 radical (unpaired) electrons. The summed E-state index contributed by atoms with van der Waals surface area (Å²) in [5.41, 5.74) is 2.18. The molecular formula is C17H18ClNO2. The number of para-hydroxylation sites is 1. The van der Waals surface area contributed by atoms with Crippen molar-refractivity contribution in [1.82, 2.24) is 5.32 Å². The molecule has 0 aromatic heterocycles. The highest BCUT2D eigenvalue weighted by atomic mass is 35.5. The van der Waals surface area contributed by atoms with E-state index in [1.165, 1.54) is 0 Å².